The van der Waals surface area contributed by atoms with Crippen molar-refractivity contribution in [1.82, 2.24) is 0 Å². The fraction of sp³-hybridized carbons (Fsp3) is 0.875. The molecule has 0 aromatic rings. The van der Waals surface area contributed by atoms with Crippen molar-refractivity contribution in [1.29, 1.82) is 0 Å². The molecule has 53 valence electrons. The summed E-state index contributed by atoms with van der Waals surface area (Å²) in [7, 11) is 0. The number of hydrogen-bond acceptors (Lipinski definition) is 0. The Kier molecular flexibility index (Phi) is 2.49. The second kappa shape index (κ2) is 3.19. The molecule has 2 unspecified atom stereocenters. The molecule has 1 rings (SSSR count). The van der Waals surface area contributed by atoms with Gasteiger partial charge in [-0.1, -0.05) is 13.3 Å². The lowest BCUT2D eigenvalue weighted by Gasteiger charge is -2.23. The van der Waals surface area contributed by atoms with Crippen molar-refractivity contribution in [3.63, 3.8) is 0 Å². The Bertz CT molecular complexity index is 80.6. The Labute approximate surface area is 56.5 Å². The van der Waals surface area contributed by atoms with Gasteiger partial charge in [0.1, 0.15) is 6.17 Å². The molecular formula is C8H14F. The maximum Gasteiger partial charge on any atom is 0.103 e. The van der Waals surface area contributed by atoms with Gasteiger partial charge in [-0.25, -0.2) is 4.39 Å². The Morgan fingerprint density at radius 1 is 1.67 bits per heavy atom. The molecule has 1 saturated carbocycles. The highest BCUT2D eigenvalue weighted by Crippen LogP contribution is 2.28. The number of alkyl halides is 1. The van der Waals surface area contributed by atoms with Crippen LogP contribution in [0.5, 0.6) is 0 Å². The van der Waals surface area contributed by atoms with E-state index in [0.717, 1.165) is 19.3 Å². The smallest absolute Gasteiger partial charge is 0.103 e. The topological polar surface area (TPSA) is 0 Å². The Morgan fingerprint density at radius 3 is 2.89 bits per heavy atom. The molecule has 9 heavy (non-hydrogen) atoms. The van der Waals surface area contributed by atoms with Crippen molar-refractivity contribution >= 4 is 0 Å². The SMILES string of the molecule is CCC1CC[CH]CC1F. The minimum Gasteiger partial charge on any atom is -0.247 e. The summed E-state index contributed by atoms with van der Waals surface area (Å²) < 4.78 is 12.8. The van der Waals surface area contributed by atoms with Gasteiger partial charge < -0.3 is 0 Å². The highest BCUT2D eigenvalue weighted by Gasteiger charge is 2.22. The summed E-state index contributed by atoms with van der Waals surface area (Å²) in [6.07, 6.45) is 5.42. The van der Waals surface area contributed by atoms with Crippen LogP contribution in [0.25, 0.3) is 0 Å². The zero-order chi connectivity index (χ0) is 6.69. The minimum absolute atomic E-state index is 0.356. The zero-order valence-corrected chi connectivity index (χ0v) is 5.94. The second-order valence-corrected chi connectivity index (χ2v) is 2.79. The van der Waals surface area contributed by atoms with Crippen LogP contribution in [0, 0.1) is 12.3 Å². The molecule has 0 bridgehead atoms. The zero-order valence-electron chi connectivity index (χ0n) is 5.94. The van der Waals surface area contributed by atoms with Gasteiger partial charge in [-0.2, -0.15) is 0 Å². The lowest BCUT2D eigenvalue weighted by molar-refractivity contribution is 0.186. The molecule has 1 heteroatoms. The van der Waals surface area contributed by atoms with Crippen molar-refractivity contribution in [2.45, 2.75) is 38.8 Å². The van der Waals surface area contributed by atoms with Gasteiger partial charge in [0, 0.05) is 0 Å². The molecule has 2 atom stereocenters. The lowest BCUT2D eigenvalue weighted by Crippen LogP contribution is -2.19. The predicted octanol–water partition coefficient (Wildman–Crippen LogP) is 2.74. The van der Waals surface area contributed by atoms with Gasteiger partial charge in [0.05, 0.1) is 0 Å². The molecule has 0 N–H and O–H groups in total. The third-order valence-electron chi connectivity index (χ3n) is 2.17. The fourth-order valence-electron chi connectivity index (χ4n) is 1.44. The summed E-state index contributed by atoms with van der Waals surface area (Å²) in [4.78, 5) is 0. The Balaban J connectivity index is 2.30. The standard InChI is InChI=1S/C8H14F/c1-2-7-5-3-4-6-8(7)9/h4,7-8H,2-3,5-6H2,1H3. The predicted molar refractivity (Wildman–Crippen MR) is 36.8 cm³/mol. The summed E-state index contributed by atoms with van der Waals surface area (Å²) in [6, 6.07) is 0. The van der Waals surface area contributed by atoms with Gasteiger partial charge in [-0.05, 0) is 31.6 Å². The van der Waals surface area contributed by atoms with Crippen LogP contribution in [0.4, 0.5) is 4.39 Å². The van der Waals surface area contributed by atoms with Gasteiger partial charge in [0.2, 0.25) is 0 Å². The molecule has 0 amide bonds. The summed E-state index contributed by atoms with van der Waals surface area (Å²) >= 11 is 0. The monoisotopic (exact) mass is 129 g/mol. The van der Waals surface area contributed by atoms with Gasteiger partial charge in [0.15, 0.2) is 0 Å². The van der Waals surface area contributed by atoms with Gasteiger partial charge in [-0.15, -0.1) is 0 Å². The van der Waals surface area contributed by atoms with E-state index in [1.807, 2.05) is 0 Å². The van der Waals surface area contributed by atoms with Crippen molar-refractivity contribution in [3.05, 3.63) is 6.42 Å². The molecule has 1 fully saturated rings. The van der Waals surface area contributed by atoms with Gasteiger partial charge >= 0.3 is 0 Å². The average Bonchev–Trinajstić information content (AvgIpc) is 1.89. The van der Waals surface area contributed by atoms with Crippen molar-refractivity contribution < 1.29 is 4.39 Å². The molecular weight excluding hydrogens is 115 g/mol. The number of rotatable bonds is 1. The van der Waals surface area contributed by atoms with Crippen LogP contribution < -0.4 is 0 Å². The number of hydrogen-bond donors (Lipinski definition) is 0. The first-order valence-electron chi connectivity index (χ1n) is 3.80. The first-order chi connectivity index (χ1) is 4.34. The Morgan fingerprint density at radius 2 is 2.44 bits per heavy atom. The van der Waals surface area contributed by atoms with Crippen molar-refractivity contribution in [3.8, 4) is 0 Å². The quantitative estimate of drug-likeness (QED) is 0.510. The summed E-state index contributed by atoms with van der Waals surface area (Å²) in [5.41, 5.74) is 0. The van der Waals surface area contributed by atoms with Crippen molar-refractivity contribution in [2.24, 2.45) is 5.92 Å². The third-order valence-corrected chi connectivity index (χ3v) is 2.17. The van der Waals surface area contributed by atoms with Crippen LogP contribution in [0.15, 0.2) is 0 Å². The van der Waals surface area contributed by atoms with Crippen LogP contribution in [-0.4, -0.2) is 6.17 Å². The van der Waals surface area contributed by atoms with E-state index in [1.165, 1.54) is 0 Å². The van der Waals surface area contributed by atoms with Crippen LogP contribution in [-0.2, 0) is 0 Å². The first-order valence-corrected chi connectivity index (χ1v) is 3.80. The largest absolute Gasteiger partial charge is 0.247 e. The van der Waals surface area contributed by atoms with Crippen LogP contribution in [0.3, 0.4) is 0 Å². The van der Waals surface area contributed by atoms with E-state index >= 15 is 0 Å². The summed E-state index contributed by atoms with van der Waals surface area (Å²) in [5, 5.41) is 0. The minimum atomic E-state index is -0.538. The van der Waals surface area contributed by atoms with Crippen LogP contribution in [0.2, 0.25) is 0 Å². The first kappa shape index (κ1) is 7.04. The molecule has 0 heterocycles. The molecule has 0 aromatic carbocycles. The van der Waals surface area contributed by atoms with E-state index in [2.05, 4.69) is 13.3 Å². The molecule has 0 aliphatic heterocycles. The second-order valence-electron chi connectivity index (χ2n) is 2.79. The van der Waals surface area contributed by atoms with Crippen molar-refractivity contribution in [2.75, 3.05) is 0 Å². The fourth-order valence-corrected chi connectivity index (χ4v) is 1.44. The number of halogens is 1. The third kappa shape index (κ3) is 1.67. The normalized spacial score (nSPS) is 36.7. The van der Waals surface area contributed by atoms with E-state index in [-0.39, 0.29) is 0 Å². The van der Waals surface area contributed by atoms with E-state index in [0.29, 0.717) is 12.3 Å². The Hall–Kier alpha value is -0.0700. The van der Waals surface area contributed by atoms with E-state index in [9.17, 15) is 4.39 Å². The van der Waals surface area contributed by atoms with E-state index in [1.54, 1.807) is 0 Å². The molecule has 1 aliphatic rings. The molecule has 0 saturated heterocycles. The van der Waals surface area contributed by atoms with E-state index in [4.69, 9.17) is 0 Å². The average molecular weight is 129 g/mol. The molecule has 1 aliphatic carbocycles. The molecule has 0 aromatic heterocycles. The summed E-state index contributed by atoms with van der Waals surface area (Å²) in [5.74, 6) is 0.356. The lowest BCUT2D eigenvalue weighted by atomic mass is 9.86. The highest BCUT2D eigenvalue weighted by atomic mass is 19.1. The van der Waals surface area contributed by atoms with Gasteiger partial charge in [-0.3, -0.25) is 0 Å². The molecule has 0 nitrogen and oxygen atoms in total. The molecule has 0 spiro atoms. The maximum absolute atomic E-state index is 12.8. The highest BCUT2D eigenvalue weighted by molar-refractivity contribution is 4.82. The van der Waals surface area contributed by atoms with Crippen LogP contribution in [0.1, 0.15) is 32.6 Å². The van der Waals surface area contributed by atoms with Crippen LogP contribution >= 0.6 is 0 Å². The van der Waals surface area contributed by atoms with E-state index < -0.39 is 6.17 Å². The van der Waals surface area contributed by atoms with Gasteiger partial charge in [0.25, 0.3) is 0 Å². The summed E-state index contributed by atoms with van der Waals surface area (Å²) in [6.45, 7) is 2.07. The maximum atomic E-state index is 12.8. The molecule has 1 radical (unpaired) electrons.